The minimum absolute atomic E-state index is 0.0680. The summed E-state index contributed by atoms with van der Waals surface area (Å²) >= 11 is 6.04. The maximum absolute atomic E-state index is 13.4. The molecule has 0 aliphatic carbocycles. The minimum atomic E-state index is -0.104. The van der Waals surface area contributed by atoms with Gasteiger partial charge in [-0.1, -0.05) is 62.8 Å². The van der Waals surface area contributed by atoms with Crippen LogP contribution in [-0.2, 0) is 4.79 Å². The van der Waals surface area contributed by atoms with Gasteiger partial charge in [0.15, 0.2) is 0 Å². The summed E-state index contributed by atoms with van der Waals surface area (Å²) in [6, 6.07) is 9.47. The highest BCUT2D eigenvalue weighted by Gasteiger charge is 2.34. The van der Waals surface area contributed by atoms with E-state index in [9.17, 15) is 9.59 Å². The van der Waals surface area contributed by atoms with Crippen LogP contribution < -0.4 is 0 Å². The van der Waals surface area contributed by atoms with Crippen molar-refractivity contribution in [2.24, 2.45) is 0 Å². The average molecular weight is 457 g/mol. The van der Waals surface area contributed by atoms with Gasteiger partial charge in [-0.25, -0.2) is 0 Å². The zero-order valence-electron chi connectivity index (χ0n) is 18.9. The summed E-state index contributed by atoms with van der Waals surface area (Å²) < 4.78 is 1.90. The van der Waals surface area contributed by atoms with E-state index in [0.717, 1.165) is 62.9 Å². The smallest absolute Gasteiger partial charge is 0.272 e. The molecule has 1 unspecified atom stereocenters. The van der Waals surface area contributed by atoms with E-state index in [-0.39, 0.29) is 24.4 Å². The number of unbranched alkanes of at least 4 members (excludes halogenated alkanes) is 2. The van der Waals surface area contributed by atoms with Crippen molar-refractivity contribution in [2.75, 3.05) is 26.2 Å². The molecule has 1 aromatic heterocycles. The zero-order valence-corrected chi connectivity index (χ0v) is 19.7. The van der Waals surface area contributed by atoms with Crippen LogP contribution in [0.4, 0.5) is 0 Å². The fraction of sp³-hybridized carbons (Fsp3) is 0.560. The van der Waals surface area contributed by atoms with Gasteiger partial charge in [0, 0.05) is 30.2 Å². The molecule has 0 N–H and O–H groups in total. The second-order valence-corrected chi connectivity index (χ2v) is 9.43. The lowest BCUT2D eigenvalue weighted by atomic mass is 10.0. The van der Waals surface area contributed by atoms with Gasteiger partial charge < -0.3 is 9.80 Å². The molecular weight excluding hydrogens is 424 g/mol. The van der Waals surface area contributed by atoms with E-state index in [0.29, 0.717) is 17.3 Å². The van der Waals surface area contributed by atoms with E-state index in [1.54, 1.807) is 4.90 Å². The number of fused-ring (bicyclic) bond motifs is 1. The molecule has 7 heteroatoms. The van der Waals surface area contributed by atoms with E-state index < -0.39 is 0 Å². The number of amides is 2. The van der Waals surface area contributed by atoms with Crippen molar-refractivity contribution in [1.82, 2.24) is 19.6 Å². The van der Waals surface area contributed by atoms with Gasteiger partial charge in [-0.05, 0) is 37.5 Å². The second-order valence-electron chi connectivity index (χ2n) is 9.00. The average Bonchev–Trinajstić information content (AvgIpc) is 3.06. The van der Waals surface area contributed by atoms with Crippen LogP contribution >= 0.6 is 11.6 Å². The third kappa shape index (κ3) is 5.17. The lowest BCUT2D eigenvalue weighted by molar-refractivity contribution is -0.132. The number of rotatable bonds is 7. The molecule has 0 saturated carbocycles. The molecule has 2 aromatic rings. The number of hydrogen-bond acceptors (Lipinski definition) is 3. The Morgan fingerprint density at radius 3 is 2.50 bits per heavy atom. The number of hydrogen-bond donors (Lipinski definition) is 0. The van der Waals surface area contributed by atoms with Gasteiger partial charge >= 0.3 is 0 Å². The Hall–Kier alpha value is -2.34. The highest BCUT2D eigenvalue weighted by Crippen LogP contribution is 2.30. The van der Waals surface area contributed by atoms with Gasteiger partial charge in [-0.2, -0.15) is 5.10 Å². The molecule has 4 rings (SSSR count). The molecule has 1 atom stereocenters. The van der Waals surface area contributed by atoms with E-state index in [2.05, 4.69) is 6.92 Å². The van der Waals surface area contributed by atoms with Crippen molar-refractivity contribution in [3.05, 3.63) is 41.0 Å². The highest BCUT2D eigenvalue weighted by molar-refractivity contribution is 6.30. The van der Waals surface area contributed by atoms with Crippen LogP contribution in [0.1, 0.15) is 74.8 Å². The van der Waals surface area contributed by atoms with Gasteiger partial charge in [0.05, 0.1) is 11.7 Å². The van der Waals surface area contributed by atoms with Crippen molar-refractivity contribution in [3.63, 3.8) is 0 Å². The molecule has 1 saturated heterocycles. The molecule has 2 amide bonds. The topological polar surface area (TPSA) is 58.4 Å². The van der Waals surface area contributed by atoms with Crippen LogP contribution in [0.3, 0.4) is 0 Å². The van der Waals surface area contributed by atoms with Gasteiger partial charge in [-0.15, -0.1) is 0 Å². The molecule has 0 radical (unpaired) electrons. The lowest BCUT2D eigenvalue weighted by Gasteiger charge is -2.34. The molecule has 0 spiro atoms. The van der Waals surface area contributed by atoms with Crippen molar-refractivity contribution in [2.45, 2.75) is 64.3 Å². The minimum Gasteiger partial charge on any atom is -0.341 e. The predicted octanol–water partition coefficient (Wildman–Crippen LogP) is 5.18. The molecule has 3 heterocycles. The Morgan fingerprint density at radius 2 is 1.81 bits per heavy atom. The molecule has 2 aliphatic heterocycles. The third-order valence-electron chi connectivity index (χ3n) is 6.58. The monoisotopic (exact) mass is 456 g/mol. The molecule has 1 aromatic carbocycles. The highest BCUT2D eigenvalue weighted by atomic mass is 35.5. The van der Waals surface area contributed by atoms with Crippen molar-refractivity contribution < 1.29 is 9.59 Å². The molecule has 6 nitrogen and oxygen atoms in total. The number of benzene rings is 1. The number of carbonyl (C=O) groups excluding carboxylic acids is 2. The summed E-state index contributed by atoms with van der Waals surface area (Å²) in [7, 11) is 0. The van der Waals surface area contributed by atoms with E-state index >= 15 is 0 Å². The summed E-state index contributed by atoms with van der Waals surface area (Å²) in [6.07, 6.45) is 8.79. The summed E-state index contributed by atoms with van der Waals surface area (Å²) in [5.74, 6) is -0.0360. The van der Waals surface area contributed by atoms with Crippen molar-refractivity contribution in [3.8, 4) is 11.3 Å². The standard InChI is InChI=1S/C25H33ClN4O2/c1-2-3-6-9-21-17-29(18-24(31)28-14-7-4-5-8-15-28)25(32)23-16-22(27-30(21)23)19-10-12-20(26)13-11-19/h10-13,16,21H,2-9,14-15,17-18H2,1H3. The maximum atomic E-state index is 13.4. The SMILES string of the molecule is CCCCCC1CN(CC(=O)N2CCCCCC2)C(=O)c2cc(-c3ccc(Cl)cc3)nn21. The molecule has 172 valence electrons. The number of likely N-dealkylation sites (tertiary alicyclic amines) is 1. The van der Waals surface area contributed by atoms with Gasteiger partial charge in [-0.3, -0.25) is 14.3 Å². The first kappa shape index (κ1) is 22.8. The molecule has 2 aliphatic rings. The number of carbonyl (C=O) groups is 2. The summed E-state index contributed by atoms with van der Waals surface area (Å²) in [4.78, 5) is 30.0. The zero-order chi connectivity index (χ0) is 22.5. The number of aromatic nitrogens is 2. The molecular formula is C25H33ClN4O2. The number of halogens is 1. The molecule has 1 fully saturated rings. The first-order chi connectivity index (χ1) is 15.6. The first-order valence-corrected chi connectivity index (χ1v) is 12.4. The maximum Gasteiger partial charge on any atom is 0.272 e. The van der Waals surface area contributed by atoms with Crippen LogP contribution in [0.2, 0.25) is 5.02 Å². The number of nitrogens with zero attached hydrogens (tertiary/aromatic N) is 4. The Kier molecular flexibility index (Phi) is 7.51. The van der Waals surface area contributed by atoms with E-state index in [1.165, 1.54) is 12.8 Å². The molecule has 0 bridgehead atoms. The fourth-order valence-electron chi connectivity index (χ4n) is 4.73. The lowest BCUT2D eigenvalue weighted by Crippen LogP contribution is -2.48. The van der Waals surface area contributed by atoms with Crippen LogP contribution in [0.5, 0.6) is 0 Å². The first-order valence-electron chi connectivity index (χ1n) is 12.0. The van der Waals surface area contributed by atoms with Gasteiger partial charge in [0.1, 0.15) is 12.2 Å². The van der Waals surface area contributed by atoms with Gasteiger partial charge in [0.2, 0.25) is 5.91 Å². The Morgan fingerprint density at radius 1 is 1.09 bits per heavy atom. The van der Waals surface area contributed by atoms with E-state index in [1.807, 2.05) is 39.9 Å². The normalized spacial score (nSPS) is 19.1. The third-order valence-corrected chi connectivity index (χ3v) is 6.84. The van der Waals surface area contributed by atoms with Crippen LogP contribution in [0, 0.1) is 0 Å². The van der Waals surface area contributed by atoms with Crippen molar-refractivity contribution in [1.29, 1.82) is 0 Å². The van der Waals surface area contributed by atoms with Crippen LogP contribution in [-0.4, -0.2) is 57.6 Å². The van der Waals surface area contributed by atoms with Crippen molar-refractivity contribution >= 4 is 23.4 Å². The summed E-state index contributed by atoms with van der Waals surface area (Å²) in [5, 5.41) is 5.48. The summed E-state index contributed by atoms with van der Waals surface area (Å²) in [6.45, 7) is 4.49. The van der Waals surface area contributed by atoms with Gasteiger partial charge in [0.25, 0.3) is 5.91 Å². The Balaban J connectivity index is 1.56. The summed E-state index contributed by atoms with van der Waals surface area (Å²) in [5.41, 5.74) is 2.28. The van der Waals surface area contributed by atoms with Crippen LogP contribution in [0.25, 0.3) is 11.3 Å². The quantitative estimate of drug-likeness (QED) is 0.539. The fourth-order valence-corrected chi connectivity index (χ4v) is 4.86. The predicted molar refractivity (Wildman–Crippen MR) is 127 cm³/mol. The van der Waals surface area contributed by atoms with Crippen LogP contribution in [0.15, 0.2) is 30.3 Å². The Bertz CT molecular complexity index is 932. The molecule has 32 heavy (non-hydrogen) atoms. The van der Waals surface area contributed by atoms with E-state index in [4.69, 9.17) is 16.7 Å². The largest absolute Gasteiger partial charge is 0.341 e. The Labute approximate surface area is 195 Å². The second kappa shape index (κ2) is 10.5.